The lowest BCUT2D eigenvalue weighted by atomic mass is 10.1. The fourth-order valence-corrected chi connectivity index (χ4v) is 2.34. The normalized spacial score (nSPS) is 12.7. The van der Waals surface area contributed by atoms with Crippen molar-refractivity contribution in [3.8, 4) is 0 Å². The lowest BCUT2D eigenvalue weighted by Gasteiger charge is -2.10. The third-order valence-corrected chi connectivity index (χ3v) is 3.33. The number of aromatic nitrogens is 1. The van der Waals surface area contributed by atoms with Crippen molar-refractivity contribution in [2.24, 2.45) is 0 Å². The largest absolute Gasteiger partial charge is 0.398 e. The Morgan fingerprint density at radius 2 is 2.20 bits per heavy atom. The Kier molecular flexibility index (Phi) is 2.90. The summed E-state index contributed by atoms with van der Waals surface area (Å²) in [5, 5.41) is 10.0. The predicted molar refractivity (Wildman–Crippen MR) is 62.0 cm³/mol. The van der Waals surface area contributed by atoms with Crippen LogP contribution in [0, 0.1) is 0 Å². The van der Waals surface area contributed by atoms with Crippen molar-refractivity contribution in [3.63, 3.8) is 0 Å². The van der Waals surface area contributed by atoms with Crippen LogP contribution in [0.2, 0.25) is 4.34 Å². The van der Waals surface area contributed by atoms with Gasteiger partial charge in [-0.15, -0.1) is 11.3 Å². The van der Waals surface area contributed by atoms with Gasteiger partial charge in [-0.3, -0.25) is 4.98 Å². The van der Waals surface area contributed by atoms with E-state index in [9.17, 15) is 5.11 Å². The highest BCUT2D eigenvalue weighted by molar-refractivity contribution is 7.16. The van der Waals surface area contributed by atoms with Crippen molar-refractivity contribution in [3.05, 3.63) is 45.4 Å². The molecule has 0 fully saturated rings. The monoisotopic (exact) mass is 240 g/mol. The topological polar surface area (TPSA) is 59.1 Å². The second-order valence-corrected chi connectivity index (χ2v) is 4.80. The SMILES string of the molecule is Nc1ccncc1C(O)c1ccc(Cl)s1. The lowest BCUT2D eigenvalue weighted by molar-refractivity contribution is 0.224. The molecule has 0 saturated carbocycles. The fourth-order valence-electron chi connectivity index (χ4n) is 1.27. The number of rotatable bonds is 2. The summed E-state index contributed by atoms with van der Waals surface area (Å²) in [6, 6.07) is 5.19. The highest BCUT2D eigenvalue weighted by Gasteiger charge is 2.15. The second kappa shape index (κ2) is 4.18. The molecule has 0 aliphatic rings. The molecule has 78 valence electrons. The third-order valence-electron chi connectivity index (χ3n) is 2.05. The zero-order chi connectivity index (χ0) is 10.8. The van der Waals surface area contributed by atoms with Crippen LogP contribution in [-0.2, 0) is 0 Å². The molecule has 3 nitrogen and oxygen atoms in total. The minimum atomic E-state index is -0.754. The first-order valence-electron chi connectivity index (χ1n) is 4.31. The van der Waals surface area contributed by atoms with E-state index >= 15 is 0 Å². The standard InChI is InChI=1S/C10H9ClN2OS/c11-9-2-1-8(15-9)10(14)6-5-13-4-3-7(6)12/h1-5,10,14H,(H2,12,13). The van der Waals surface area contributed by atoms with Gasteiger partial charge in [0.2, 0.25) is 0 Å². The molecule has 2 rings (SSSR count). The van der Waals surface area contributed by atoms with Gasteiger partial charge in [0.25, 0.3) is 0 Å². The number of aliphatic hydroxyl groups is 1. The number of hydrogen-bond acceptors (Lipinski definition) is 4. The van der Waals surface area contributed by atoms with E-state index in [0.29, 0.717) is 15.6 Å². The lowest BCUT2D eigenvalue weighted by Crippen LogP contribution is -2.02. The molecule has 15 heavy (non-hydrogen) atoms. The number of nitrogens with two attached hydrogens (primary N) is 1. The summed E-state index contributed by atoms with van der Waals surface area (Å²) in [6.07, 6.45) is 2.40. The van der Waals surface area contributed by atoms with Crippen LogP contribution >= 0.6 is 22.9 Å². The first-order valence-corrected chi connectivity index (χ1v) is 5.50. The van der Waals surface area contributed by atoms with Crippen molar-refractivity contribution in [1.82, 2.24) is 4.98 Å². The van der Waals surface area contributed by atoms with Gasteiger partial charge >= 0.3 is 0 Å². The minimum absolute atomic E-state index is 0.530. The highest BCUT2D eigenvalue weighted by Crippen LogP contribution is 2.32. The van der Waals surface area contributed by atoms with E-state index < -0.39 is 6.10 Å². The van der Waals surface area contributed by atoms with Gasteiger partial charge in [0.05, 0.1) is 4.34 Å². The summed E-state index contributed by atoms with van der Waals surface area (Å²) in [4.78, 5) is 4.69. The number of aliphatic hydroxyl groups excluding tert-OH is 1. The van der Waals surface area contributed by atoms with Gasteiger partial charge in [0, 0.05) is 28.5 Å². The molecule has 0 bridgehead atoms. The molecule has 2 aromatic heterocycles. The zero-order valence-electron chi connectivity index (χ0n) is 7.72. The van der Waals surface area contributed by atoms with Crippen LogP contribution in [0.25, 0.3) is 0 Å². The van der Waals surface area contributed by atoms with Gasteiger partial charge in [-0.25, -0.2) is 0 Å². The maximum absolute atomic E-state index is 10.0. The maximum Gasteiger partial charge on any atom is 0.117 e. The summed E-state index contributed by atoms with van der Waals surface area (Å²) in [5.41, 5.74) is 6.87. The van der Waals surface area contributed by atoms with Crippen LogP contribution in [0.15, 0.2) is 30.6 Å². The van der Waals surface area contributed by atoms with Crippen LogP contribution < -0.4 is 5.73 Å². The van der Waals surface area contributed by atoms with Crippen molar-refractivity contribution in [1.29, 1.82) is 0 Å². The number of nitrogen functional groups attached to an aromatic ring is 1. The second-order valence-electron chi connectivity index (χ2n) is 3.05. The molecular weight excluding hydrogens is 232 g/mol. The van der Waals surface area contributed by atoms with Gasteiger partial charge in [-0.1, -0.05) is 11.6 Å². The molecule has 0 saturated heterocycles. The molecule has 0 amide bonds. The molecule has 0 aromatic carbocycles. The molecule has 2 heterocycles. The van der Waals surface area contributed by atoms with Gasteiger partial charge < -0.3 is 10.8 Å². The number of pyridine rings is 1. The maximum atomic E-state index is 10.0. The van der Waals surface area contributed by atoms with E-state index in [2.05, 4.69) is 4.98 Å². The summed E-state index contributed by atoms with van der Waals surface area (Å²) >= 11 is 7.12. The Morgan fingerprint density at radius 3 is 2.80 bits per heavy atom. The van der Waals surface area contributed by atoms with Crippen LogP contribution in [0.3, 0.4) is 0 Å². The molecule has 0 radical (unpaired) electrons. The number of hydrogen-bond donors (Lipinski definition) is 2. The van der Waals surface area contributed by atoms with Crippen LogP contribution in [-0.4, -0.2) is 10.1 Å². The molecule has 1 unspecified atom stereocenters. The molecule has 2 aromatic rings. The number of halogens is 1. The molecule has 1 atom stereocenters. The highest BCUT2D eigenvalue weighted by atomic mass is 35.5. The van der Waals surface area contributed by atoms with Gasteiger partial charge in [0.1, 0.15) is 6.10 Å². The zero-order valence-corrected chi connectivity index (χ0v) is 9.29. The fraction of sp³-hybridized carbons (Fsp3) is 0.100. The molecule has 3 N–H and O–H groups in total. The average molecular weight is 241 g/mol. The number of thiophene rings is 1. The Balaban J connectivity index is 2.36. The van der Waals surface area contributed by atoms with E-state index in [1.54, 1.807) is 30.6 Å². The minimum Gasteiger partial charge on any atom is -0.398 e. The predicted octanol–water partition coefficient (Wildman–Crippen LogP) is 2.46. The van der Waals surface area contributed by atoms with Crippen molar-refractivity contribution < 1.29 is 5.11 Å². The average Bonchev–Trinajstić information content (AvgIpc) is 2.65. The number of nitrogens with zero attached hydrogens (tertiary/aromatic N) is 1. The van der Waals surface area contributed by atoms with Gasteiger partial charge in [0.15, 0.2) is 0 Å². The summed E-state index contributed by atoms with van der Waals surface area (Å²) in [5.74, 6) is 0. The smallest absolute Gasteiger partial charge is 0.117 e. The quantitative estimate of drug-likeness (QED) is 0.848. The molecule has 0 aliphatic carbocycles. The Morgan fingerprint density at radius 1 is 1.40 bits per heavy atom. The Labute approximate surface area is 96.2 Å². The number of anilines is 1. The van der Waals surface area contributed by atoms with Crippen LogP contribution in [0.5, 0.6) is 0 Å². The first kappa shape index (κ1) is 10.4. The summed E-state index contributed by atoms with van der Waals surface area (Å²) < 4.78 is 0.645. The molecule has 5 heteroatoms. The Hall–Kier alpha value is -1.10. The van der Waals surface area contributed by atoms with E-state index in [1.165, 1.54) is 11.3 Å². The van der Waals surface area contributed by atoms with Crippen molar-refractivity contribution >= 4 is 28.6 Å². The first-order chi connectivity index (χ1) is 7.18. The summed E-state index contributed by atoms with van der Waals surface area (Å²) in [6.45, 7) is 0. The van der Waals surface area contributed by atoms with Crippen molar-refractivity contribution in [2.75, 3.05) is 5.73 Å². The summed E-state index contributed by atoms with van der Waals surface area (Å²) in [7, 11) is 0. The van der Waals surface area contributed by atoms with E-state index in [4.69, 9.17) is 17.3 Å². The third kappa shape index (κ3) is 2.12. The van der Waals surface area contributed by atoms with Gasteiger partial charge in [-0.2, -0.15) is 0 Å². The molecule has 0 aliphatic heterocycles. The van der Waals surface area contributed by atoms with E-state index in [-0.39, 0.29) is 0 Å². The van der Waals surface area contributed by atoms with Crippen LogP contribution in [0.4, 0.5) is 5.69 Å². The van der Waals surface area contributed by atoms with Crippen LogP contribution in [0.1, 0.15) is 16.5 Å². The van der Waals surface area contributed by atoms with E-state index in [1.807, 2.05) is 0 Å². The van der Waals surface area contributed by atoms with Gasteiger partial charge in [-0.05, 0) is 18.2 Å². The van der Waals surface area contributed by atoms with Crippen molar-refractivity contribution in [2.45, 2.75) is 6.10 Å². The molecular formula is C10H9ClN2OS. The Bertz CT molecular complexity index is 472. The molecule has 0 spiro atoms. The van der Waals surface area contributed by atoms with E-state index in [0.717, 1.165) is 4.88 Å².